The molecule has 0 aliphatic carbocycles. The second kappa shape index (κ2) is 10.1. The first-order valence-electron chi connectivity index (χ1n) is 8.53. The number of benzene rings is 2. The molecule has 2 rings (SSSR count). The fourth-order valence-corrected chi connectivity index (χ4v) is 2.52. The monoisotopic (exact) mass is 446 g/mol. The number of aromatic hydroxyl groups is 1. The summed E-state index contributed by atoms with van der Waals surface area (Å²) in [5.74, 6) is -1.55. The average molecular weight is 447 g/mol. The van der Waals surface area contributed by atoms with Crippen LogP contribution in [-0.2, 0) is 11.2 Å². The molecule has 0 bridgehead atoms. The predicted octanol–water partition coefficient (Wildman–Crippen LogP) is 3.39. The van der Waals surface area contributed by atoms with Crippen molar-refractivity contribution in [2.75, 3.05) is 13.7 Å². The third kappa shape index (κ3) is 7.03. The SMILES string of the molecule is COc1cc(CCC(=O)NNC(=O)c2cc(Cl)ccc2O)ccc1OCC(F)(F)F. The van der Waals surface area contributed by atoms with Gasteiger partial charge in [0.2, 0.25) is 5.91 Å². The molecule has 3 N–H and O–H groups in total. The van der Waals surface area contributed by atoms with Crippen LogP contribution in [-0.4, -0.2) is 36.8 Å². The van der Waals surface area contributed by atoms with Crippen molar-refractivity contribution in [3.8, 4) is 17.2 Å². The molecule has 0 saturated carbocycles. The molecule has 0 aliphatic rings. The highest BCUT2D eigenvalue weighted by Crippen LogP contribution is 2.30. The van der Waals surface area contributed by atoms with E-state index in [1.807, 2.05) is 0 Å². The van der Waals surface area contributed by atoms with Gasteiger partial charge in [0.15, 0.2) is 18.1 Å². The zero-order valence-corrected chi connectivity index (χ0v) is 16.4. The second-order valence-corrected chi connectivity index (χ2v) is 6.49. The van der Waals surface area contributed by atoms with Crippen LogP contribution in [0.2, 0.25) is 5.02 Å². The zero-order valence-electron chi connectivity index (χ0n) is 15.7. The van der Waals surface area contributed by atoms with Crippen LogP contribution < -0.4 is 20.3 Å². The molecule has 2 aromatic rings. The van der Waals surface area contributed by atoms with E-state index < -0.39 is 24.6 Å². The van der Waals surface area contributed by atoms with E-state index in [9.17, 15) is 27.9 Å². The van der Waals surface area contributed by atoms with E-state index >= 15 is 0 Å². The van der Waals surface area contributed by atoms with Crippen LogP contribution in [0.3, 0.4) is 0 Å². The lowest BCUT2D eigenvalue weighted by molar-refractivity contribution is -0.153. The molecule has 2 amide bonds. The molecule has 0 radical (unpaired) electrons. The van der Waals surface area contributed by atoms with Crippen LogP contribution in [0.25, 0.3) is 0 Å². The van der Waals surface area contributed by atoms with Crippen LogP contribution >= 0.6 is 11.6 Å². The van der Waals surface area contributed by atoms with Crippen molar-refractivity contribution in [2.24, 2.45) is 0 Å². The second-order valence-electron chi connectivity index (χ2n) is 6.05. The maximum Gasteiger partial charge on any atom is 0.422 e. The molecule has 162 valence electrons. The molecule has 0 aromatic heterocycles. The molecular formula is C19H18ClF3N2O5. The van der Waals surface area contributed by atoms with Crippen molar-refractivity contribution in [3.05, 3.63) is 52.5 Å². The molecule has 30 heavy (non-hydrogen) atoms. The Morgan fingerprint density at radius 2 is 1.83 bits per heavy atom. The highest BCUT2D eigenvalue weighted by atomic mass is 35.5. The minimum atomic E-state index is -4.48. The van der Waals surface area contributed by atoms with Crippen LogP contribution in [0.5, 0.6) is 17.2 Å². The largest absolute Gasteiger partial charge is 0.507 e. The van der Waals surface area contributed by atoms with E-state index in [-0.39, 0.29) is 40.7 Å². The number of hydrogen-bond donors (Lipinski definition) is 3. The quantitative estimate of drug-likeness (QED) is 0.566. The standard InChI is InChI=1S/C19H18ClF3N2O5/c1-29-16-8-11(2-6-15(16)30-10-19(21,22)23)3-7-17(27)24-25-18(28)13-9-12(20)4-5-14(13)26/h2,4-6,8-9,26H,3,7,10H2,1H3,(H,24,27)(H,25,28). The number of hydrogen-bond acceptors (Lipinski definition) is 5. The fraction of sp³-hybridized carbons (Fsp3) is 0.263. The van der Waals surface area contributed by atoms with Gasteiger partial charge in [0.25, 0.3) is 5.91 Å². The molecule has 0 aliphatic heterocycles. The highest BCUT2D eigenvalue weighted by Gasteiger charge is 2.29. The smallest absolute Gasteiger partial charge is 0.422 e. The van der Waals surface area contributed by atoms with Gasteiger partial charge in [-0.05, 0) is 42.3 Å². The Labute approximate surface area is 174 Å². The lowest BCUT2D eigenvalue weighted by Gasteiger charge is -2.13. The summed E-state index contributed by atoms with van der Waals surface area (Å²) in [6, 6.07) is 8.18. The summed E-state index contributed by atoms with van der Waals surface area (Å²) in [5.41, 5.74) is 4.86. The summed E-state index contributed by atoms with van der Waals surface area (Å²) in [7, 11) is 1.28. The van der Waals surface area contributed by atoms with Gasteiger partial charge in [-0.15, -0.1) is 0 Å². The number of carbonyl (C=O) groups excluding carboxylic acids is 2. The van der Waals surface area contributed by atoms with Gasteiger partial charge in [0, 0.05) is 11.4 Å². The predicted molar refractivity (Wildman–Crippen MR) is 102 cm³/mol. The number of nitrogens with one attached hydrogen (secondary N) is 2. The third-order valence-corrected chi connectivity index (χ3v) is 4.01. The minimum absolute atomic E-state index is 0.0340. The van der Waals surface area contributed by atoms with Crippen LogP contribution in [0.1, 0.15) is 22.3 Å². The summed E-state index contributed by atoms with van der Waals surface area (Å²) in [4.78, 5) is 23.9. The molecular weight excluding hydrogens is 429 g/mol. The number of alkyl halides is 3. The maximum atomic E-state index is 12.3. The number of aryl methyl sites for hydroxylation is 1. The number of rotatable bonds is 7. The van der Waals surface area contributed by atoms with Gasteiger partial charge in [-0.3, -0.25) is 20.4 Å². The molecule has 2 aromatic carbocycles. The summed E-state index contributed by atoms with van der Waals surface area (Å²) in [5, 5.41) is 9.90. The highest BCUT2D eigenvalue weighted by molar-refractivity contribution is 6.31. The fourth-order valence-electron chi connectivity index (χ4n) is 2.35. The number of ether oxygens (including phenoxy) is 2. The number of methoxy groups -OCH3 is 1. The molecule has 0 heterocycles. The number of hydrazine groups is 1. The molecule has 0 spiro atoms. The lowest BCUT2D eigenvalue weighted by atomic mass is 10.1. The summed E-state index contributed by atoms with van der Waals surface area (Å²) < 4.78 is 46.6. The molecule has 0 fully saturated rings. The number of carbonyl (C=O) groups is 2. The molecule has 0 atom stereocenters. The van der Waals surface area contributed by atoms with Gasteiger partial charge in [-0.2, -0.15) is 13.2 Å². The first-order chi connectivity index (χ1) is 14.1. The first-order valence-corrected chi connectivity index (χ1v) is 8.91. The van der Waals surface area contributed by atoms with Gasteiger partial charge in [0.05, 0.1) is 12.7 Å². The van der Waals surface area contributed by atoms with E-state index in [1.165, 1.54) is 43.5 Å². The van der Waals surface area contributed by atoms with Gasteiger partial charge in [-0.1, -0.05) is 17.7 Å². The molecule has 0 saturated heterocycles. The Balaban J connectivity index is 1.88. The molecule has 11 heteroatoms. The van der Waals surface area contributed by atoms with E-state index in [1.54, 1.807) is 0 Å². The van der Waals surface area contributed by atoms with Crippen molar-refractivity contribution < 1.29 is 37.3 Å². The normalized spacial score (nSPS) is 11.0. The Morgan fingerprint density at radius 1 is 1.10 bits per heavy atom. The molecule has 7 nitrogen and oxygen atoms in total. The van der Waals surface area contributed by atoms with E-state index in [0.717, 1.165) is 0 Å². The van der Waals surface area contributed by atoms with Crippen molar-refractivity contribution in [1.29, 1.82) is 0 Å². The van der Waals surface area contributed by atoms with Crippen LogP contribution in [0.4, 0.5) is 13.2 Å². The Morgan fingerprint density at radius 3 is 2.50 bits per heavy atom. The van der Waals surface area contributed by atoms with Crippen molar-refractivity contribution in [3.63, 3.8) is 0 Å². The van der Waals surface area contributed by atoms with E-state index in [2.05, 4.69) is 10.9 Å². The summed E-state index contributed by atoms with van der Waals surface area (Å²) >= 11 is 5.77. The Kier molecular flexibility index (Phi) is 7.76. The Hall–Kier alpha value is -3.14. The number of halogens is 4. The zero-order chi connectivity index (χ0) is 22.3. The number of phenolic OH excluding ortho intramolecular Hbond substituents is 1. The van der Waals surface area contributed by atoms with Gasteiger partial charge in [-0.25, -0.2) is 0 Å². The topological polar surface area (TPSA) is 96.9 Å². The average Bonchev–Trinajstić information content (AvgIpc) is 2.70. The van der Waals surface area contributed by atoms with Crippen LogP contribution in [0.15, 0.2) is 36.4 Å². The van der Waals surface area contributed by atoms with Crippen molar-refractivity contribution in [2.45, 2.75) is 19.0 Å². The van der Waals surface area contributed by atoms with Crippen molar-refractivity contribution in [1.82, 2.24) is 10.9 Å². The summed E-state index contributed by atoms with van der Waals surface area (Å²) in [6.45, 7) is -1.45. The Bertz CT molecular complexity index is 922. The lowest BCUT2D eigenvalue weighted by Crippen LogP contribution is -2.41. The minimum Gasteiger partial charge on any atom is -0.507 e. The van der Waals surface area contributed by atoms with E-state index in [4.69, 9.17) is 21.1 Å². The van der Waals surface area contributed by atoms with Gasteiger partial charge in [0.1, 0.15) is 5.75 Å². The van der Waals surface area contributed by atoms with E-state index in [0.29, 0.717) is 5.56 Å². The summed E-state index contributed by atoms with van der Waals surface area (Å²) in [6.07, 6.45) is -4.29. The number of phenols is 1. The maximum absolute atomic E-state index is 12.3. The number of amides is 2. The van der Waals surface area contributed by atoms with Gasteiger partial charge < -0.3 is 14.6 Å². The molecule has 0 unspecified atom stereocenters. The van der Waals surface area contributed by atoms with Crippen LogP contribution in [0, 0.1) is 0 Å². The third-order valence-electron chi connectivity index (χ3n) is 3.78. The first kappa shape index (κ1) is 23.1. The van der Waals surface area contributed by atoms with Gasteiger partial charge >= 0.3 is 6.18 Å². The van der Waals surface area contributed by atoms with Crippen molar-refractivity contribution >= 4 is 23.4 Å².